The van der Waals surface area contributed by atoms with Crippen LogP contribution in [0.4, 0.5) is 0 Å². The highest BCUT2D eigenvalue weighted by molar-refractivity contribution is 7.12. The molecule has 0 aliphatic carbocycles. The molecule has 1 aromatic heterocycles. The minimum atomic E-state index is -0.634. The maximum atomic E-state index is 13.1. The maximum absolute atomic E-state index is 13.1. The van der Waals surface area contributed by atoms with Crippen LogP contribution in [0, 0.1) is 0 Å². The van der Waals surface area contributed by atoms with E-state index in [1.165, 1.54) is 16.2 Å². The highest BCUT2D eigenvalue weighted by atomic mass is 32.1. The number of ether oxygens (including phenoxy) is 1. The topological polar surface area (TPSA) is 71.3 Å². The molecule has 1 aromatic carbocycles. The van der Waals surface area contributed by atoms with Gasteiger partial charge in [-0.15, -0.1) is 11.3 Å². The number of rotatable bonds is 9. The Morgan fingerprint density at radius 3 is 2.62 bits per heavy atom. The molecule has 1 amide bonds. The highest BCUT2D eigenvalue weighted by Gasteiger charge is 2.44. The molecule has 0 radical (unpaired) electrons. The van der Waals surface area contributed by atoms with Crippen LogP contribution in [0.15, 0.2) is 65.8 Å². The first-order chi connectivity index (χ1) is 13.9. The van der Waals surface area contributed by atoms with E-state index in [1.807, 2.05) is 26.2 Å². The summed E-state index contributed by atoms with van der Waals surface area (Å²) in [5, 5.41) is 12.4. The molecule has 0 bridgehead atoms. The second-order valence-corrected chi connectivity index (χ2v) is 8.04. The highest BCUT2D eigenvalue weighted by Crippen LogP contribution is 2.39. The standard InChI is InChI=1S/C22H24N2O4S/c1-4-13-28-16-9-7-15(8-10-16)19-18(20(25)17-6-5-14-29-17)21(26)22(27)24(19)12-11-23(2)3/h4-10,14,19,26H,1,11-13H2,2-3H3/p+1/t19-/m1/s1. The van der Waals surface area contributed by atoms with Crippen molar-refractivity contribution in [1.29, 1.82) is 0 Å². The van der Waals surface area contributed by atoms with Crippen LogP contribution in [-0.2, 0) is 4.79 Å². The molecule has 1 atom stereocenters. The number of carbonyl (C=O) groups excluding carboxylic acids is 2. The molecular formula is C22H25N2O4S+. The van der Waals surface area contributed by atoms with Gasteiger partial charge in [-0.2, -0.15) is 0 Å². The van der Waals surface area contributed by atoms with Crippen LogP contribution in [0.3, 0.4) is 0 Å². The van der Waals surface area contributed by atoms with E-state index in [0.29, 0.717) is 30.3 Å². The Kier molecular flexibility index (Phi) is 6.51. The molecule has 3 rings (SSSR count). The minimum absolute atomic E-state index is 0.131. The van der Waals surface area contributed by atoms with Gasteiger partial charge in [0.2, 0.25) is 5.78 Å². The van der Waals surface area contributed by atoms with Gasteiger partial charge in [-0.3, -0.25) is 9.59 Å². The molecule has 152 valence electrons. The molecule has 2 aromatic rings. The van der Waals surface area contributed by atoms with Crippen LogP contribution in [0.25, 0.3) is 0 Å². The molecule has 0 spiro atoms. The predicted molar refractivity (Wildman–Crippen MR) is 113 cm³/mol. The number of hydrogen-bond donors (Lipinski definition) is 2. The third-order valence-electron chi connectivity index (χ3n) is 4.71. The average Bonchev–Trinajstić information content (AvgIpc) is 3.33. The Morgan fingerprint density at radius 1 is 1.31 bits per heavy atom. The molecule has 0 saturated heterocycles. The number of aliphatic hydroxyl groups excluding tert-OH is 1. The van der Waals surface area contributed by atoms with Crippen molar-refractivity contribution in [3.63, 3.8) is 0 Å². The van der Waals surface area contributed by atoms with Gasteiger partial charge in [0.05, 0.1) is 43.7 Å². The summed E-state index contributed by atoms with van der Waals surface area (Å²) in [5.41, 5.74) is 0.882. The second-order valence-electron chi connectivity index (χ2n) is 7.10. The van der Waals surface area contributed by atoms with Gasteiger partial charge < -0.3 is 19.6 Å². The average molecular weight is 414 g/mol. The number of benzene rings is 1. The SMILES string of the molecule is C=CCOc1ccc([C@@H]2C(C(=O)c3cccs3)=C(O)C(=O)N2CC[NH+](C)C)cc1. The smallest absolute Gasteiger partial charge is 0.290 e. The molecule has 0 unspecified atom stereocenters. The largest absolute Gasteiger partial charge is 0.503 e. The zero-order chi connectivity index (χ0) is 21.0. The van der Waals surface area contributed by atoms with Gasteiger partial charge in [0.25, 0.3) is 5.91 Å². The quantitative estimate of drug-likeness (QED) is 0.488. The Labute approximate surface area is 174 Å². The lowest BCUT2D eigenvalue weighted by Gasteiger charge is -2.27. The van der Waals surface area contributed by atoms with Crippen molar-refractivity contribution >= 4 is 23.0 Å². The fourth-order valence-electron chi connectivity index (χ4n) is 3.25. The summed E-state index contributed by atoms with van der Waals surface area (Å²) < 4.78 is 5.53. The fraction of sp³-hybridized carbons (Fsp3) is 0.273. The van der Waals surface area contributed by atoms with Crippen molar-refractivity contribution in [1.82, 2.24) is 4.90 Å². The third-order valence-corrected chi connectivity index (χ3v) is 5.58. The monoisotopic (exact) mass is 413 g/mol. The molecule has 0 saturated carbocycles. The lowest BCUT2D eigenvalue weighted by atomic mass is 9.95. The van der Waals surface area contributed by atoms with Crippen LogP contribution in [0.2, 0.25) is 0 Å². The van der Waals surface area contributed by atoms with E-state index >= 15 is 0 Å². The zero-order valence-electron chi connectivity index (χ0n) is 16.6. The number of Topliss-reactive ketones (excluding diaryl/α,β-unsaturated/α-hetero) is 1. The Hall–Kier alpha value is -2.90. The number of quaternary nitrogens is 1. The first-order valence-electron chi connectivity index (χ1n) is 9.39. The van der Waals surface area contributed by atoms with Gasteiger partial charge in [0, 0.05) is 0 Å². The van der Waals surface area contributed by atoms with E-state index in [4.69, 9.17) is 4.74 Å². The zero-order valence-corrected chi connectivity index (χ0v) is 17.4. The van der Waals surface area contributed by atoms with Crippen LogP contribution in [0.1, 0.15) is 21.3 Å². The summed E-state index contributed by atoms with van der Waals surface area (Å²) in [6.07, 6.45) is 1.66. The van der Waals surface area contributed by atoms with Crippen molar-refractivity contribution in [3.05, 3.63) is 76.2 Å². The lowest BCUT2D eigenvalue weighted by Crippen LogP contribution is -3.06. The van der Waals surface area contributed by atoms with Gasteiger partial charge in [0.1, 0.15) is 12.4 Å². The molecule has 2 heterocycles. The van der Waals surface area contributed by atoms with Crippen molar-refractivity contribution in [2.45, 2.75) is 6.04 Å². The number of nitrogens with one attached hydrogen (secondary N) is 1. The summed E-state index contributed by atoms with van der Waals surface area (Å²) in [7, 11) is 3.98. The molecule has 7 heteroatoms. The van der Waals surface area contributed by atoms with Crippen molar-refractivity contribution in [2.24, 2.45) is 0 Å². The van der Waals surface area contributed by atoms with Crippen molar-refractivity contribution < 1.29 is 24.3 Å². The van der Waals surface area contributed by atoms with Crippen LogP contribution in [0.5, 0.6) is 5.75 Å². The molecular weight excluding hydrogens is 388 g/mol. The summed E-state index contributed by atoms with van der Waals surface area (Å²) in [4.78, 5) is 29.2. The van der Waals surface area contributed by atoms with Crippen LogP contribution >= 0.6 is 11.3 Å². The van der Waals surface area contributed by atoms with E-state index < -0.39 is 17.7 Å². The van der Waals surface area contributed by atoms with Gasteiger partial charge in [-0.25, -0.2) is 0 Å². The lowest BCUT2D eigenvalue weighted by molar-refractivity contribution is -0.857. The number of amides is 1. The van der Waals surface area contributed by atoms with E-state index in [-0.39, 0.29) is 11.4 Å². The van der Waals surface area contributed by atoms with E-state index in [0.717, 1.165) is 5.56 Å². The molecule has 2 N–H and O–H groups in total. The number of likely N-dealkylation sites (N-methyl/N-ethyl adjacent to an activating group) is 1. The van der Waals surface area contributed by atoms with Gasteiger partial charge in [-0.1, -0.05) is 30.9 Å². The number of hydrogen-bond acceptors (Lipinski definition) is 5. The summed E-state index contributed by atoms with van der Waals surface area (Å²) in [6.45, 7) is 5.13. The summed E-state index contributed by atoms with van der Waals surface area (Å²) >= 11 is 1.29. The summed E-state index contributed by atoms with van der Waals surface area (Å²) in [5.74, 6) is -0.624. The summed E-state index contributed by atoms with van der Waals surface area (Å²) in [6, 6.07) is 10.1. The Morgan fingerprint density at radius 2 is 2.03 bits per heavy atom. The molecule has 1 aliphatic rings. The van der Waals surface area contributed by atoms with E-state index in [1.54, 1.807) is 40.6 Å². The Balaban J connectivity index is 1.99. The van der Waals surface area contributed by atoms with Crippen LogP contribution < -0.4 is 9.64 Å². The molecule has 1 aliphatic heterocycles. The number of nitrogens with zero attached hydrogens (tertiary/aromatic N) is 1. The Bertz CT molecular complexity index is 917. The maximum Gasteiger partial charge on any atom is 0.290 e. The third kappa shape index (κ3) is 4.41. The number of ketones is 1. The van der Waals surface area contributed by atoms with Crippen molar-refractivity contribution in [2.75, 3.05) is 33.8 Å². The predicted octanol–water partition coefficient (Wildman–Crippen LogP) is 2.04. The fourth-order valence-corrected chi connectivity index (χ4v) is 3.93. The second kappa shape index (κ2) is 9.07. The molecule has 29 heavy (non-hydrogen) atoms. The van der Waals surface area contributed by atoms with E-state index in [9.17, 15) is 14.7 Å². The number of carbonyl (C=O) groups is 2. The molecule has 0 fully saturated rings. The first-order valence-corrected chi connectivity index (χ1v) is 10.3. The van der Waals surface area contributed by atoms with Crippen molar-refractivity contribution in [3.8, 4) is 5.75 Å². The van der Waals surface area contributed by atoms with Gasteiger partial charge >= 0.3 is 0 Å². The van der Waals surface area contributed by atoms with Gasteiger partial charge in [0.15, 0.2) is 5.76 Å². The number of thiophene rings is 1. The normalized spacial score (nSPS) is 16.6. The molecule has 6 nitrogen and oxygen atoms in total. The first kappa shape index (κ1) is 20.8. The van der Waals surface area contributed by atoms with Gasteiger partial charge in [-0.05, 0) is 29.1 Å². The number of aliphatic hydroxyl groups is 1. The van der Waals surface area contributed by atoms with Crippen LogP contribution in [-0.4, -0.2) is 55.5 Å². The minimum Gasteiger partial charge on any atom is -0.503 e. The van der Waals surface area contributed by atoms with E-state index in [2.05, 4.69) is 6.58 Å².